The van der Waals surface area contributed by atoms with Crippen molar-refractivity contribution in [3.8, 4) is 11.5 Å². The van der Waals surface area contributed by atoms with Crippen molar-refractivity contribution in [1.29, 1.82) is 0 Å². The van der Waals surface area contributed by atoms with Gasteiger partial charge in [-0.2, -0.15) is 4.39 Å². The second kappa shape index (κ2) is 6.50. The molecule has 132 valence electrons. The highest BCUT2D eigenvalue weighted by atomic mass is 19.2. The Labute approximate surface area is 140 Å². The summed E-state index contributed by atoms with van der Waals surface area (Å²) in [6.07, 6.45) is 0. The summed E-state index contributed by atoms with van der Waals surface area (Å²) < 4.78 is 51.9. The molecule has 0 aromatic heterocycles. The van der Waals surface area contributed by atoms with E-state index in [0.29, 0.717) is 0 Å². The molecule has 1 heterocycles. The van der Waals surface area contributed by atoms with E-state index in [1.165, 1.54) is 18.1 Å². The summed E-state index contributed by atoms with van der Waals surface area (Å²) in [6, 6.07) is 4.20. The van der Waals surface area contributed by atoms with Crippen LogP contribution in [0.1, 0.15) is 5.56 Å². The number of hydrogen-bond acceptors (Lipinski definition) is 5. The molecule has 0 aliphatic carbocycles. The van der Waals surface area contributed by atoms with Crippen molar-refractivity contribution < 1.29 is 27.6 Å². The quantitative estimate of drug-likeness (QED) is 0.622. The van der Waals surface area contributed by atoms with Crippen LogP contribution in [0.4, 0.5) is 24.5 Å². The SMILES string of the molecule is COc1cc(F)c([N+](=O)[O-])cc1CN1CCOc2ccc(F)c(F)c21. The normalized spacial score (nSPS) is 13.2. The second-order valence-electron chi connectivity index (χ2n) is 5.35. The molecule has 2 aromatic rings. The molecule has 25 heavy (non-hydrogen) atoms. The van der Waals surface area contributed by atoms with Gasteiger partial charge < -0.3 is 14.4 Å². The third-order valence-corrected chi connectivity index (χ3v) is 3.87. The Morgan fingerprint density at radius 3 is 2.72 bits per heavy atom. The zero-order valence-corrected chi connectivity index (χ0v) is 13.1. The molecule has 2 aromatic carbocycles. The summed E-state index contributed by atoms with van der Waals surface area (Å²) >= 11 is 0. The van der Waals surface area contributed by atoms with Gasteiger partial charge in [0, 0.05) is 24.2 Å². The van der Waals surface area contributed by atoms with E-state index >= 15 is 0 Å². The van der Waals surface area contributed by atoms with E-state index in [9.17, 15) is 23.3 Å². The maximum absolute atomic E-state index is 14.2. The summed E-state index contributed by atoms with van der Waals surface area (Å²) in [5.74, 6) is -2.90. The fraction of sp³-hybridized carbons (Fsp3) is 0.250. The molecule has 0 saturated carbocycles. The molecule has 0 radical (unpaired) electrons. The maximum Gasteiger partial charge on any atom is 0.305 e. The summed E-state index contributed by atoms with van der Waals surface area (Å²) in [4.78, 5) is 11.6. The van der Waals surface area contributed by atoms with Crippen molar-refractivity contribution in [2.45, 2.75) is 6.54 Å². The van der Waals surface area contributed by atoms with Crippen molar-refractivity contribution in [3.63, 3.8) is 0 Å². The van der Waals surface area contributed by atoms with Crippen LogP contribution in [0.5, 0.6) is 11.5 Å². The minimum Gasteiger partial charge on any atom is -0.496 e. The molecule has 0 bridgehead atoms. The Bertz CT molecular complexity index is 845. The topological polar surface area (TPSA) is 64.8 Å². The number of rotatable bonds is 4. The Kier molecular flexibility index (Phi) is 4.39. The Morgan fingerprint density at radius 2 is 2.04 bits per heavy atom. The van der Waals surface area contributed by atoms with Gasteiger partial charge >= 0.3 is 5.69 Å². The van der Waals surface area contributed by atoms with Gasteiger partial charge in [0.05, 0.1) is 18.6 Å². The second-order valence-corrected chi connectivity index (χ2v) is 5.35. The Balaban J connectivity index is 2.03. The molecule has 1 aliphatic heterocycles. The number of nitro groups is 1. The Hall–Kier alpha value is -2.97. The molecule has 0 spiro atoms. The van der Waals surface area contributed by atoms with Gasteiger partial charge in [0.2, 0.25) is 5.82 Å². The lowest BCUT2D eigenvalue weighted by Gasteiger charge is -2.32. The molecular weight excluding hydrogens is 341 g/mol. The third kappa shape index (κ3) is 3.04. The molecule has 0 saturated heterocycles. The van der Waals surface area contributed by atoms with Gasteiger partial charge in [-0.3, -0.25) is 10.1 Å². The van der Waals surface area contributed by atoms with Crippen LogP contribution >= 0.6 is 0 Å². The van der Waals surface area contributed by atoms with Crippen LogP contribution in [-0.2, 0) is 6.54 Å². The first-order valence-corrected chi connectivity index (χ1v) is 7.29. The predicted octanol–water partition coefficient (Wildman–Crippen LogP) is 3.42. The summed E-state index contributed by atoms with van der Waals surface area (Å²) in [5, 5.41) is 10.9. The first kappa shape index (κ1) is 16.9. The van der Waals surface area contributed by atoms with Crippen LogP contribution in [0.25, 0.3) is 0 Å². The average Bonchev–Trinajstić information content (AvgIpc) is 2.59. The van der Waals surface area contributed by atoms with Crippen molar-refractivity contribution in [3.05, 3.63) is 57.4 Å². The highest BCUT2D eigenvalue weighted by molar-refractivity contribution is 5.62. The average molecular weight is 354 g/mol. The first-order valence-electron chi connectivity index (χ1n) is 7.29. The van der Waals surface area contributed by atoms with Crippen LogP contribution in [-0.4, -0.2) is 25.2 Å². The monoisotopic (exact) mass is 354 g/mol. The van der Waals surface area contributed by atoms with Gasteiger partial charge in [-0.1, -0.05) is 0 Å². The summed E-state index contributed by atoms with van der Waals surface area (Å²) in [5.41, 5.74) is -0.531. The van der Waals surface area contributed by atoms with Gasteiger partial charge in [-0.05, 0) is 12.1 Å². The van der Waals surface area contributed by atoms with Crippen molar-refractivity contribution in [1.82, 2.24) is 0 Å². The van der Waals surface area contributed by atoms with E-state index in [0.717, 1.165) is 18.2 Å². The number of halogens is 3. The van der Waals surface area contributed by atoms with Crippen molar-refractivity contribution in [2.24, 2.45) is 0 Å². The van der Waals surface area contributed by atoms with Crippen LogP contribution in [0.15, 0.2) is 24.3 Å². The van der Waals surface area contributed by atoms with E-state index in [2.05, 4.69) is 0 Å². The lowest BCUT2D eigenvalue weighted by Crippen LogP contribution is -2.33. The zero-order valence-electron chi connectivity index (χ0n) is 13.1. The molecule has 6 nitrogen and oxygen atoms in total. The van der Waals surface area contributed by atoms with E-state index in [1.54, 1.807) is 0 Å². The smallest absolute Gasteiger partial charge is 0.305 e. The molecule has 0 N–H and O–H groups in total. The number of benzene rings is 2. The predicted molar refractivity (Wildman–Crippen MR) is 82.5 cm³/mol. The number of ether oxygens (including phenoxy) is 2. The number of fused-ring (bicyclic) bond motifs is 1. The minimum atomic E-state index is -1.08. The van der Waals surface area contributed by atoms with Gasteiger partial charge in [-0.15, -0.1) is 0 Å². The van der Waals surface area contributed by atoms with Crippen LogP contribution < -0.4 is 14.4 Å². The molecule has 3 rings (SSSR count). The maximum atomic E-state index is 14.2. The standard InChI is InChI=1S/C16H13F3N2O4/c1-24-14-7-11(18)12(21(22)23)6-9(14)8-20-4-5-25-13-3-2-10(17)15(19)16(13)20/h2-3,6-7H,4-5,8H2,1H3. The number of hydrogen-bond donors (Lipinski definition) is 0. The lowest BCUT2D eigenvalue weighted by atomic mass is 10.1. The molecule has 1 aliphatic rings. The van der Waals surface area contributed by atoms with Crippen LogP contribution in [0, 0.1) is 27.6 Å². The van der Waals surface area contributed by atoms with Crippen molar-refractivity contribution in [2.75, 3.05) is 25.2 Å². The largest absolute Gasteiger partial charge is 0.496 e. The molecule has 0 atom stereocenters. The highest BCUT2D eigenvalue weighted by Gasteiger charge is 2.27. The Morgan fingerprint density at radius 1 is 1.28 bits per heavy atom. The number of anilines is 1. The summed E-state index contributed by atoms with van der Waals surface area (Å²) in [6.45, 7) is 0.409. The third-order valence-electron chi connectivity index (χ3n) is 3.87. The van der Waals surface area contributed by atoms with Crippen molar-refractivity contribution >= 4 is 11.4 Å². The number of methoxy groups -OCH3 is 1. The van der Waals surface area contributed by atoms with E-state index in [1.807, 2.05) is 0 Å². The minimum absolute atomic E-state index is 0.0406. The summed E-state index contributed by atoms with van der Waals surface area (Å²) in [7, 11) is 1.29. The lowest BCUT2D eigenvalue weighted by molar-refractivity contribution is -0.387. The van der Waals surface area contributed by atoms with Gasteiger partial charge in [0.15, 0.2) is 11.6 Å². The molecule has 0 amide bonds. The number of nitro benzene ring substituents is 1. The van der Waals surface area contributed by atoms with Gasteiger partial charge in [0.1, 0.15) is 23.8 Å². The van der Waals surface area contributed by atoms with Gasteiger partial charge in [-0.25, -0.2) is 8.78 Å². The highest BCUT2D eigenvalue weighted by Crippen LogP contribution is 2.38. The van der Waals surface area contributed by atoms with E-state index in [4.69, 9.17) is 9.47 Å². The van der Waals surface area contributed by atoms with Crippen LogP contribution in [0.3, 0.4) is 0 Å². The zero-order chi connectivity index (χ0) is 18.1. The molecule has 9 heteroatoms. The molecular formula is C16H13F3N2O4. The molecule has 0 unspecified atom stereocenters. The van der Waals surface area contributed by atoms with Gasteiger partial charge in [0.25, 0.3) is 0 Å². The fourth-order valence-electron chi connectivity index (χ4n) is 2.72. The van der Waals surface area contributed by atoms with E-state index in [-0.39, 0.29) is 42.4 Å². The number of nitrogens with zero attached hydrogens (tertiary/aromatic N) is 2. The first-order chi connectivity index (χ1) is 11.9. The van der Waals surface area contributed by atoms with Crippen LogP contribution in [0.2, 0.25) is 0 Å². The molecule has 0 fully saturated rings. The van der Waals surface area contributed by atoms with E-state index < -0.39 is 28.1 Å². The fourth-order valence-corrected chi connectivity index (χ4v) is 2.72.